The molecular formula is C17H17IO3. The molecule has 0 N–H and O–H groups in total. The monoisotopic (exact) mass is 396 g/mol. The first-order valence-electron chi connectivity index (χ1n) is 6.41. The highest BCUT2D eigenvalue weighted by atomic mass is 127. The zero-order valence-corrected chi connectivity index (χ0v) is 14.4. The van der Waals surface area contributed by atoms with Crippen LogP contribution in [0.25, 0.3) is 12.2 Å². The zero-order valence-electron chi connectivity index (χ0n) is 12.2. The summed E-state index contributed by atoms with van der Waals surface area (Å²) in [6.07, 6.45) is 4.10. The molecule has 0 radical (unpaired) electrons. The Morgan fingerprint density at radius 3 is 2.05 bits per heavy atom. The zero-order chi connectivity index (χ0) is 15.2. The van der Waals surface area contributed by atoms with Gasteiger partial charge >= 0.3 is 0 Å². The van der Waals surface area contributed by atoms with Crippen LogP contribution in [0.2, 0.25) is 0 Å². The second kappa shape index (κ2) is 7.36. The Kier molecular flexibility index (Phi) is 5.50. The molecule has 0 aliphatic heterocycles. The first-order chi connectivity index (χ1) is 10.2. The van der Waals surface area contributed by atoms with Crippen molar-refractivity contribution in [2.45, 2.75) is 0 Å². The van der Waals surface area contributed by atoms with Crippen molar-refractivity contribution >= 4 is 34.7 Å². The van der Waals surface area contributed by atoms with Crippen molar-refractivity contribution in [1.29, 1.82) is 0 Å². The lowest BCUT2D eigenvalue weighted by molar-refractivity contribution is 0.392. The number of rotatable bonds is 5. The van der Waals surface area contributed by atoms with Gasteiger partial charge in [0.15, 0.2) is 0 Å². The van der Waals surface area contributed by atoms with Crippen LogP contribution in [0.4, 0.5) is 0 Å². The minimum absolute atomic E-state index is 0.779. The molecule has 0 saturated heterocycles. The summed E-state index contributed by atoms with van der Waals surface area (Å²) in [6.45, 7) is 0. The molecule has 0 aromatic heterocycles. The van der Waals surface area contributed by atoms with E-state index in [9.17, 15) is 0 Å². The fourth-order valence-corrected chi connectivity index (χ4v) is 2.59. The van der Waals surface area contributed by atoms with Crippen LogP contribution in [0.3, 0.4) is 0 Å². The summed E-state index contributed by atoms with van der Waals surface area (Å²) in [5, 5.41) is 0. The van der Waals surface area contributed by atoms with E-state index in [1.54, 1.807) is 21.3 Å². The van der Waals surface area contributed by atoms with E-state index in [1.807, 2.05) is 36.4 Å². The average molecular weight is 396 g/mol. The predicted octanol–water partition coefficient (Wildman–Crippen LogP) is 4.49. The lowest BCUT2D eigenvalue weighted by Crippen LogP contribution is -1.92. The van der Waals surface area contributed by atoms with E-state index in [1.165, 1.54) is 0 Å². The van der Waals surface area contributed by atoms with Crippen LogP contribution in [0.1, 0.15) is 11.1 Å². The predicted molar refractivity (Wildman–Crippen MR) is 94.2 cm³/mol. The minimum atomic E-state index is 0.779. The standard InChI is InChI=1S/C17H17IO3/c1-19-14-8-5-12(6-9-14)4-7-13-10-15(20-2)11-16(21-3)17(13)18/h4-11H,1-3H3/b7-4+. The van der Waals surface area contributed by atoms with E-state index >= 15 is 0 Å². The summed E-state index contributed by atoms with van der Waals surface area (Å²) in [4.78, 5) is 0. The smallest absolute Gasteiger partial charge is 0.136 e. The molecule has 0 unspecified atom stereocenters. The number of methoxy groups -OCH3 is 3. The Bertz CT molecular complexity index is 633. The van der Waals surface area contributed by atoms with Crippen LogP contribution < -0.4 is 14.2 Å². The average Bonchev–Trinajstić information content (AvgIpc) is 2.54. The van der Waals surface area contributed by atoms with Crippen molar-refractivity contribution in [2.75, 3.05) is 21.3 Å². The molecule has 2 aromatic rings. The van der Waals surface area contributed by atoms with Gasteiger partial charge in [0.25, 0.3) is 0 Å². The summed E-state index contributed by atoms with van der Waals surface area (Å²) in [6, 6.07) is 11.8. The topological polar surface area (TPSA) is 27.7 Å². The quantitative estimate of drug-likeness (QED) is 0.551. The molecule has 0 aliphatic rings. The lowest BCUT2D eigenvalue weighted by atomic mass is 10.1. The van der Waals surface area contributed by atoms with Crippen LogP contribution in [0, 0.1) is 3.57 Å². The second-order valence-electron chi connectivity index (χ2n) is 4.34. The number of halogens is 1. The maximum atomic E-state index is 5.37. The summed E-state index contributed by atoms with van der Waals surface area (Å²) in [7, 11) is 4.97. The molecule has 2 aromatic carbocycles. The van der Waals surface area contributed by atoms with Gasteiger partial charge in [-0.25, -0.2) is 0 Å². The molecule has 0 spiro atoms. The molecular weight excluding hydrogens is 379 g/mol. The highest BCUT2D eigenvalue weighted by Crippen LogP contribution is 2.31. The summed E-state index contributed by atoms with van der Waals surface area (Å²) in [5.74, 6) is 2.44. The Balaban J connectivity index is 2.30. The summed E-state index contributed by atoms with van der Waals surface area (Å²) < 4.78 is 16.9. The normalized spacial score (nSPS) is 10.7. The van der Waals surface area contributed by atoms with Gasteiger partial charge in [-0.05, 0) is 51.9 Å². The maximum absolute atomic E-state index is 5.37. The third-order valence-electron chi connectivity index (χ3n) is 3.07. The van der Waals surface area contributed by atoms with Gasteiger partial charge in [-0.1, -0.05) is 24.3 Å². The molecule has 0 atom stereocenters. The largest absolute Gasteiger partial charge is 0.497 e. The van der Waals surface area contributed by atoms with Gasteiger partial charge in [0.2, 0.25) is 0 Å². The van der Waals surface area contributed by atoms with Gasteiger partial charge in [0, 0.05) is 6.07 Å². The molecule has 21 heavy (non-hydrogen) atoms. The van der Waals surface area contributed by atoms with E-state index in [2.05, 4.69) is 34.7 Å². The summed E-state index contributed by atoms with van der Waals surface area (Å²) in [5.41, 5.74) is 2.16. The van der Waals surface area contributed by atoms with Crippen molar-refractivity contribution in [3.63, 3.8) is 0 Å². The SMILES string of the molecule is COc1ccc(/C=C/c2cc(OC)cc(OC)c2I)cc1. The van der Waals surface area contributed by atoms with Crippen LogP contribution in [-0.4, -0.2) is 21.3 Å². The third-order valence-corrected chi connectivity index (χ3v) is 4.22. The third kappa shape index (κ3) is 3.91. The van der Waals surface area contributed by atoms with Gasteiger partial charge < -0.3 is 14.2 Å². The fourth-order valence-electron chi connectivity index (χ4n) is 1.88. The van der Waals surface area contributed by atoms with Crippen molar-refractivity contribution in [1.82, 2.24) is 0 Å². The number of hydrogen-bond acceptors (Lipinski definition) is 3. The first kappa shape index (κ1) is 15.7. The second-order valence-corrected chi connectivity index (χ2v) is 5.42. The highest BCUT2D eigenvalue weighted by molar-refractivity contribution is 14.1. The molecule has 0 bridgehead atoms. The van der Waals surface area contributed by atoms with E-state index in [-0.39, 0.29) is 0 Å². The van der Waals surface area contributed by atoms with Gasteiger partial charge in [0.05, 0.1) is 24.9 Å². The molecule has 4 heteroatoms. The van der Waals surface area contributed by atoms with E-state index in [0.29, 0.717) is 0 Å². The van der Waals surface area contributed by atoms with E-state index in [4.69, 9.17) is 14.2 Å². The van der Waals surface area contributed by atoms with Crippen molar-refractivity contribution < 1.29 is 14.2 Å². The molecule has 0 heterocycles. The minimum Gasteiger partial charge on any atom is -0.497 e. The van der Waals surface area contributed by atoms with Crippen molar-refractivity contribution in [3.8, 4) is 17.2 Å². The number of hydrogen-bond donors (Lipinski definition) is 0. The molecule has 110 valence electrons. The maximum Gasteiger partial charge on any atom is 0.136 e. The van der Waals surface area contributed by atoms with E-state index < -0.39 is 0 Å². The molecule has 0 fully saturated rings. The van der Waals surface area contributed by atoms with Crippen molar-refractivity contribution in [2.24, 2.45) is 0 Å². The summed E-state index contributed by atoms with van der Waals surface area (Å²) >= 11 is 2.28. The number of ether oxygens (including phenoxy) is 3. The molecule has 0 aliphatic carbocycles. The van der Waals surface area contributed by atoms with Crippen molar-refractivity contribution in [3.05, 3.63) is 51.1 Å². The Hall–Kier alpha value is -1.69. The van der Waals surface area contributed by atoms with Gasteiger partial charge in [-0.15, -0.1) is 0 Å². The molecule has 0 saturated carbocycles. The van der Waals surface area contributed by atoms with Gasteiger partial charge in [-0.3, -0.25) is 0 Å². The van der Waals surface area contributed by atoms with Crippen LogP contribution in [0.5, 0.6) is 17.2 Å². The van der Waals surface area contributed by atoms with E-state index in [0.717, 1.165) is 31.9 Å². The first-order valence-corrected chi connectivity index (χ1v) is 7.49. The molecule has 2 rings (SSSR count). The van der Waals surface area contributed by atoms with Gasteiger partial charge in [-0.2, -0.15) is 0 Å². The lowest BCUT2D eigenvalue weighted by Gasteiger charge is -2.09. The number of benzene rings is 2. The highest BCUT2D eigenvalue weighted by Gasteiger charge is 2.07. The fraction of sp³-hybridized carbons (Fsp3) is 0.176. The van der Waals surface area contributed by atoms with Crippen LogP contribution in [-0.2, 0) is 0 Å². The molecule has 0 amide bonds. The van der Waals surface area contributed by atoms with Crippen LogP contribution >= 0.6 is 22.6 Å². The molecule has 3 nitrogen and oxygen atoms in total. The Morgan fingerprint density at radius 1 is 0.810 bits per heavy atom. The van der Waals surface area contributed by atoms with Crippen LogP contribution in [0.15, 0.2) is 36.4 Å². The Morgan fingerprint density at radius 2 is 1.48 bits per heavy atom. The van der Waals surface area contributed by atoms with Gasteiger partial charge in [0.1, 0.15) is 17.2 Å². The Labute approximate surface area is 138 Å².